The summed E-state index contributed by atoms with van der Waals surface area (Å²) in [5.74, 6) is -0.361. The van der Waals surface area contributed by atoms with Crippen molar-refractivity contribution in [1.82, 2.24) is 10.2 Å². The molecular weight excluding hydrogens is 296 g/mol. The van der Waals surface area contributed by atoms with Crippen molar-refractivity contribution in [3.05, 3.63) is 47.7 Å². The Bertz CT molecular complexity index is 686. The van der Waals surface area contributed by atoms with Crippen molar-refractivity contribution >= 4 is 23.4 Å². The van der Waals surface area contributed by atoms with E-state index in [4.69, 9.17) is 4.74 Å². The molecule has 0 bridgehead atoms. The summed E-state index contributed by atoms with van der Waals surface area (Å²) in [6.45, 7) is 2.83. The lowest BCUT2D eigenvalue weighted by molar-refractivity contribution is 0.0602. The second-order valence-electron chi connectivity index (χ2n) is 4.72. The first kappa shape index (κ1) is 16.4. The van der Waals surface area contributed by atoms with Crippen LogP contribution in [0.3, 0.4) is 0 Å². The first-order chi connectivity index (χ1) is 11.2. The molecule has 1 heterocycles. The third-order valence-corrected chi connectivity index (χ3v) is 3.03. The lowest BCUT2D eigenvalue weighted by Crippen LogP contribution is -2.17. The molecule has 0 saturated heterocycles. The van der Waals surface area contributed by atoms with Gasteiger partial charge in [0.05, 0.1) is 18.4 Å². The minimum absolute atomic E-state index is 0.159. The number of benzene rings is 1. The van der Waals surface area contributed by atoms with Crippen LogP contribution >= 0.6 is 0 Å². The van der Waals surface area contributed by atoms with Crippen LogP contribution in [-0.4, -0.2) is 35.7 Å². The molecule has 7 heteroatoms. The smallest absolute Gasteiger partial charge is 0.339 e. The zero-order valence-corrected chi connectivity index (χ0v) is 13.0. The van der Waals surface area contributed by atoms with Crippen molar-refractivity contribution in [1.29, 1.82) is 0 Å². The maximum absolute atomic E-state index is 12.2. The van der Waals surface area contributed by atoms with E-state index in [0.717, 1.165) is 13.0 Å². The van der Waals surface area contributed by atoms with Gasteiger partial charge in [-0.05, 0) is 30.7 Å². The summed E-state index contributed by atoms with van der Waals surface area (Å²) in [5, 5.41) is 13.5. The van der Waals surface area contributed by atoms with E-state index in [-0.39, 0.29) is 11.3 Å². The van der Waals surface area contributed by atoms with Gasteiger partial charge < -0.3 is 15.4 Å². The predicted octanol–water partition coefficient (Wildman–Crippen LogP) is 2.34. The van der Waals surface area contributed by atoms with E-state index in [0.29, 0.717) is 11.5 Å². The van der Waals surface area contributed by atoms with Crippen LogP contribution < -0.4 is 10.6 Å². The van der Waals surface area contributed by atoms with E-state index in [2.05, 4.69) is 20.8 Å². The molecule has 1 aromatic heterocycles. The molecule has 7 nitrogen and oxygen atoms in total. The Hall–Kier alpha value is -2.96. The molecule has 23 heavy (non-hydrogen) atoms. The normalized spacial score (nSPS) is 10.0. The fourth-order valence-corrected chi connectivity index (χ4v) is 1.87. The Morgan fingerprint density at radius 1 is 1.13 bits per heavy atom. The number of para-hydroxylation sites is 1. The third kappa shape index (κ3) is 4.26. The number of amides is 1. The van der Waals surface area contributed by atoms with Crippen LogP contribution in [0.4, 0.5) is 11.5 Å². The molecule has 2 aromatic rings. The van der Waals surface area contributed by atoms with Gasteiger partial charge in [0.25, 0.3) is 5.91 Å². The van der Waals surface area contributed by atoms with Gasteiger partial charge in [-0.3, -0.25) is 4.79 Å². The number of carbonyl (C=O) groups is 2. The van der Waals surface area contributed by atoms with Crippen molar-refractivity contribution in [2.24, 2.45) is 0 Å². The lowest BCUT2D eigenvalue weighted by atomic mass is 10.1. The summed E-state index contributed by atoms with van der Waals surface area (Å²) in [6, 6.07) is 9.85. The summed E-state index contributed by atoms with van der Waals surface area (Å²) in [5.41, 5.74) is 0.795. The predicted molar refractivity (Wildman–Crippen MR) is 86.5 cm³/mol. The standard InChI is InChI=1S/C16H18N4O3/c1-3-10-17-14-9-8-13(19-20-14)15(21)18-12-7-5-4-6-11(12)16(22)23-2/h4-9H,3,10H2,1-2H3,(H,17,20)(H,18,21). The Kier molecular flexibility index (Phi) is 5.62. The van der Waals surface area contributed by atoms with Crippen LogP contribution in [0.2, 0.25) is 0 Å². The van der Waals surface area contributed by atoms with Crippen LogP contribution in [-0.2, 0) is 4.74 Å². The van der Waals surface area contributed by atoms with Gasteiger partial charge in [0.15, 0.2) is 5.69 Å². The molecule has 1 aromatic carbocycles. The second kappa shape index (κ2) is 7.88. The van der Waals surface area contributed by atoms with E-state index < -0.39 is 11.9 Å². The number of anilines is 2. The third-order valence-electron chi connectivity index (χ3n) is 3.03. The summed E-state index contributed by atoms with van der Waals surface area (Å²) in [7, 11) is 1.29. The molecule has 0 saturated carbocycles. The number of nitrogens with one attached hydrogen (secondary N) is 2. The number of aromatic nitrogens is 2. The highest BCUT2D eigenvalue weighted by atomic mass is 16.5. The highest BCUT2D eigenvalue weighted by Gasteiger charge is 2.15. The van der Waals surface area contributed by atoms with Gasteiger partial charge in [-0.1, -0.05) is 19.1 Å². The molecule has 0 radical (unpaired) electrons. The minimum Gasteiger partial charge on any atom is -0.465 e. The number of rotatable bonds is 6. The lowest BCUT2D eigenvalue weighted by Gasteiger charge is -2.09. The Morgan fingerprint density at radius 2 is 1.91 bits per heavy atom. The average Bonchev–Trinajstić information content (AvgIpc) is 2.60. The molecule has 0 fully saturated rings. The number of nitrogens with zero attached hydrogens (tertiary/aromatic N) is 2. The topological polar surface area (TPSA) is 93.2 Å². The van der Waals surface area contributed by atoms with E-state index in [1.807, 2.05) is 6.92 Å². The summed E-state index contributed by atoms with van der Waals surface area (Å²) in [4.78, 5) is 23.9. The molecule has 2 N–H and O–H groups in total. The van der Waals surface area contributed by atoms with Crippen molar-refractivity contribution < 1.29 is 14.3 Å². The van der Waals surface area contributed by atoms with Gasteiger partial charge in [-0.25, -0.2) is 4.79 Å². The van der Waals surface area contributed by atoms with Crippen molar-refractivity contribution in [2.75, 3.05) is 24.3 Å². The monoisotopic (exact) mass is 314 g/mol. The molecular formula is C16H18N4O3. The van der Waals surface area contributed by atoms with Gasteiger partial charge in [0.2, 0.25) is 0 Å². The highest BCUT2D eigenvalue weighted by Crippen LogP contribution is 2.17. The minimum atomic E-state index is -0.522. The molecule has 0 unspecified atom stereocenters. The van der Waals surface area contributed by atoms with Crippen LogP contribution in [0.25, 0.3) is 0 Å². The van der Waals surface area contributed by atoms with Crippen molar-refractivity contribution in [3.63, 3.8) is 0 Å². The maximum Gasteiger partial charge on any atom is 0.339 e. The number of methoxy groups -OCH3 is 1. The first-order valence-corrected chi connectivity index (χ1v) is 7.22. The average molecular weight is 314 g/mol. The molecule has 0 aliphatic heterocycles. The maximum atomic E-state index is 12.2. The number of ether oxygens (including phenoxy) is 1. The molecule has 0 spiro atoms. The fourth-order valence-electron chi connectivity index (χ4n) is 1.87. The van der Waals surface area contributed by atoms with Crippen molar-refractivity contribution in [3.8, 4) is 0 Å². The fraction of sp³-hybridized carbons (Fsp3) is 0.250. The summed E-state index contributed by atoms with van der Waals surface area (Å²) >= 11 is 0. The highest BCUT2D eigenvalue weighted by molar-refractivity contribution is 6.07. The van der Waals surface area contributed by atoms with E-state index in [1.54, 1.807) is 36.4 Å². The van der Waals surface area contributed by atoms with Gasteiger partial charge in [0, 0.05) is 6.54 Å². The van der Waals surface area contributed by atoms with Gasteiger partial charge >= 0.3 is 5.97 Å². The second-order valence-corrected chi connectivity index (χ2v) is 4.72. The number of hydrogen-bond donors (Lipinski definition) is 2. The molecule has 0 atom stereocenters. The van der Waals surface area contributed by atoms with E-state index in [9.17, 15) is 9.59 Å². The van der Waals surface area contributed by atoms with Crippen LogP contribution in [0.15, 0.2) is 36.4 Å². The zero-order chi connectivity index (χ0) is 16.7. The van der Waals surface area contributed by atoms with Crippen LogP contribution in [0.1, 0.15) is 34.2 Å². The number of hydrogen-bond acceptors (Lipinski definition) is 6. The zero-order valence-electron chi connectivity index (χ0n) is 13.0. The SMILES string of the molecule is CCCNc1ccc(C(=O)Nc2ccccc2C(=O)OC)nn1. The van der Waals surface area contributed by atoms with Crippen LogP contribution in [0.5, 0.6) is 0 Å². The number of esters is 1. The quantitative estimate of drug-likeness (QED) is 0.795. The largest absolute Gasteiger partial charge is 0.465 e. The summed E-state index contributed by atoms with van der Waals surface area (Å²) in [6.07, 6.45) is 0.966. The van der Waals surface area contributed by atoms with E-state index >= 15 is 0 Å². The van der Waals surface area contributed by atoms with Crippen LogP contribution in [0, 0.1) is 0 Å². The molecule has 1 amide bonds. The van der Waals surface area contributed by atoms with Gasteiger partial charge in [0.1, 0.15) is 5.82 Å². The molecule has 0 aliphatic carbocycles. The Morgan fingerprint density at radius 3 is 2.57 bits per heavy atom. The number of carbonyl (C=O) groups excluding carboxylic acids is 2. The molecule has 2 rings (SSSR count). The van der Waals surface area contributed by atoms with Gasteiger partial charge in [-0.2, -0.15) is 0 Å². The first-order valence-electron chi connectivity index (χ1n) is 7.22. The Labute approximate surface area is 134 Å². The summed E-state index contributed by atoms with van der Waals surface area (Å²) < 4.78 is 4.69. The van der Waals surface area contributed by atoms with E-state index in [1.165, 1.54) is 7.11 Å². The molecule has 0 aliphatic rings. The molecule has 120 valence electrons. The van der Waals surface area contributed by atoms with Crippen molar-refractivity contribution in [2.45, 2.75) is 13.3 Å². The van der Waals surface area contributed by atoms with Gasteiger partial charge in [-0.15, -0.1) is 10.2 Å². The Balaban J connectivity index is 2.12.